The molecule has 4 nitrogen and oxygen atoms in total. The van der Waals surface area contributed by atoms with Gasteiger partial charge < -0.3 is 0 Å². The van der Waals surface area contributed by atoms with Crippen LogP contribution < -0.4 is 0 Å². The van der Waals surface area contributed by atoms with Crippen LogP contribution in [0.1, 0.15) is 16.1 Å². The van der Waals surface area contributed by atoms with Gasteiger partial charge in [-0.2, -0.15) is 0 Å². The molecule has 0 aliphatic carbocycles. The summed E-state index contributed by atoms with van der Waals surface area (Å²) in [5.74, 6) is -0.515. The van der Waals surface area contributed by atoms with Crippen molar-refractivity contribution < 1.29 is 9.18 Å². The van der Waals surface area contributed by atoms with E-state index in [1.54, 1.807) is 0 Å². The molecule has 0 saturated carbocycles. The molecule has 0 aliphatic rings. The van der Waals surface area contributed by atoms with Crippen LogP contribution in [-0.4, -0.2) is 21.3 Å². The summed E-state index contributed by atoms with van der Waals surface area (Å²) in [6, 6.07) is 11.8. The van der Waals surface area contributed by atoms with Crippen LogP contribution in [0.4, 0.5) is 4.39 Å². The summed E-state index contributed by atoms with van der Waals surface area (Å²) in [7, 11) is 0. The van der Waals surface area contributed by atoms with Gasteiger partial charge in [0.25, 0.3) is 0 Å². The summed E-state index contributed by atoms with van der Waals surface area (Å²) >= 11 is 5.83. The summed E-state index contributed by atoms with van der Waals surface area (Å²) in [5, 5.41) is 7.87. The van der Waals surface area contributed by atoms with Gasteiger partial charge in [-0.1, -0.05) is 41.1 Å². The first-order chi connectivity index (χ1) is 10.6. The molecular weight excluding hydrogens is 305 g/mol. The highest BCUT2D eigenvalue weighted by molar-refractivity contribution is 6.30. The molecule has 3 aromatic rings. The minimum Gasteiger partial charge on any atom is -0.296 e. The number of carbonyl (C=O) groups is 1. The van der Waals surface area contributed by atoms with E-state index in [1.807, 2.05) is 31.2 Å². The molecule has 0 spiro atoms. The molecule has 0 saturated heterocycles. The number of hydrogen-bond donors (Lipinski definition) is 0. The van der Waals surface area contributed by atoms with Crippen molar-refractivity contribution in [2.24, 2.45) is 0 Å². The molecule has 0 radical (unpaired) electrons. The monoisotopic (exact) mass is 315 g/mol. The van der Waals surface area contributed by atoms with Gasteiger partial charge >= 0.3 is 0 Å². The number of carbonyl (C=O) groups excluding carboxylic acids is 1. The van der Waals surface area contributed by atoms with Gasteiger partial charge in [0.2, 0.25) is 0 Å². The Hall–Kier alpha value is -2.53. The third-order valence-electron chi connectivity index (χ3n) is 3.36. The number of aryl methyl sites for hydroxylation is 1. The molecule has 110 valence electrons. The molecule has 2 aromatic carbocycles. The quantitative estimate of drug-likeness (QED) is 0.690. The van der Waals surface area contributed by atoms with E-state index in [2.05, 4.69) is 10.3 Å². The van der Waals surface area contributed by atoms with Crippen LogP contribution in [0.3, 0.4) is 0 Å². The van der Waals surface area contributed by atoms with Crippen molar-refractivity contribution in [3.63, 3.8) is 0 Å². The van der Waals surface area contributed by atoms with Gasteiger partial charge in [-0.25, -0.2) is 9.07 Å². The Morgan fingerprint density at radius 3 is 2.68 bits per heavy atom. The number of benzene rings is 2. The van der Waals surface area contributed by atoms with Crippen LogP contribution in [0.5, 0.6) is 0 Å². The average Bonchev–Trinajstić information content (AvgIpc) is 2.94. The van der Waals surface area contributed by atoms with Crippen molar-refractivity contribution in [1.82, 2.24) is 15.0 Å². The number of aldehydes is 1. The number of hydrogen-bond acceptors (Lipinski definition) is 3. The molecule has 1 aromatic heterocycles. The normalized spacial score (nSPS) is 10.7. The summed E-state index contributed by atoms with van der Waals surface area (Å²) in [4.78, 5) is 11.3. The topological polar surface area (TPSA) is 47.8 Å². The lowest BCUT2D eigenvalue weighted by molar-refractivity contribution is 0.111. The number of nitrogens with zero attached hydrogens (tertiary/aromatic N) is 3. The molecule has 0 amide bonds. The molecule has 0 bridgehead atoms. The zero-order valence-corrected chi connectivity index (χ0v) is 12.4. The molecule has 3 rings (SSSR count). The molecule has 6 heteroatoms. The highest BCUT2D eigenvalue weighted by Crippen LogP contribution is 2.28. The molecular formula is C16H11ClFN3O. The van der Waals surface area contributed by atoms with E-state index in [1.165, 1.54) is 22.9 Å². The molecule has 0 fully saturated rings. The third kappa shape index (κ3) is 2.40. The third-order valence-corrected chi connectivity index (χ3v) is 3.65. The van der Waals surface area contributed by atoms with Crippen molar-refractivity contribution in [2.45, 2.75) is 6.92 Å². The van der Waals surface area contributed by atoms with E-state index in [4.69, 9.17) is 11.6 Å². The smallest absolute Gasteiger partial charge is 0.172 e. The van der Waals surface area contributed by atoms with E-state index in [0.717, 1.165) is 11.1 Å². The Balaban J connectivity index is 2.26. The second-order valence-electron chi connectivity index (χ2n) is 4.77. The lowest BCUT2D eigenvalue weighted by Gasteiger charge is -2.10. The van der Waals surface area contributed by atoms with Crippen molar-refractivity contribution in [1.29, 1.82) is 0 Å². The number of aromatic nitrogens is 3. The Morgan fingerprint density at radius 2 is 2.00 bits per heavy atom. The fraction of sp³-hybridized carbons (Fsp3) is 0.0625. The van der Waals surface area contributed by atoms with Gasteiger partial charge in [0, 0.05) is 5.56 Å². The van der Waals surface area contributed by atoms with Gasteiger partial charge in [-0.15, -0.1) is 5.10 Å². The maximum absolute atomic E-state index is 13.3. The SMILES string of the molecule is Cc1ccccc1-c1c(C=O)nnn1-c1ccc(F)c(Cl)c1. The molecule has 0 unspecified atom stereocenters. The van der Waals surface area contributed by atoms with Crippen LogP contribution in [0, 0.1) is 12.7 Å². The molecule has 0 atom stereocenters. The van der Waals surface area contributed by atoms with Crippen LogP contribution in [0.15, 0.2) is 42.5 Å². The second-order valence-corrected chi connectivity index (χ2v) is 5.17. The molecule has 0 N–H and O–H groups in total. The summed E-state index contributed by atoms with van der Waals surface area (Å²) in [5.41, 5.74) is 3.10. The van der Waals surface area contributed by atoms with Gasteiger partial charge in [0.15, 0.2) is 12.0 Å². The van der Waals surface area contributed by atoms with Crippen molar-refractivity contribution in [3.05, 3.63) is 64.6 Å². The first-order valence-electron chi connectivity index (χ1n) is 6.54. The average molecular weight is 316 g/mol. The van der Waals surface area contributed by atoms with Crippen LogP contribution >= 0.6 is 11.6 Å². The summed E-state index contributed by atoms with van der Waals surface area (Å²) in [6.45, 7) is 1.93. The zero-order chi connectivity index (χ0) is 15.7. The van der Waals surface area contributed by atoms with E-state index >= 15 is 0 Å². The Kier molecular flexibility index (Phi) is 3.73. The van der Waals surface area contributed by atoms with Crippen LogP contribution in [-0.2, 0) is 0 Å². The first kappa shape index (κ1) is 14.4. The predicted octanol–water partition coefficient (Wildman–Crippen LogP) is 3.85. The van der Waals surface area contributed by atoms with Crippen LogP contribution in [0.2, 0.25) is 5.02 Å². The maximum Gasteiger partial charge on any atom is 0.172 e. The molecule has 1 heterocycles. The van der Waals surface area contributed by atoms with E-state index < -0.39 is 5.82 Å². The minimum absolute atomic E-state index is 0.0172. The summed E-state index contributed by atoms with van der Waals surface area (Å²) < 4.78 is 14.8. The predicted molar refractivity (Wildman–Crippen MR) is 81.9 cm³/mol. The van der Waals surface area contributed by atoms with Gasteiger partial charge in [0.05, 0.1) is 10.7 Å². The largest absolute Gasteiger partial charge is 0.296 e. The fourth-order valence-electron chi connectivity index (χ4n) is 2.26. The Morgan fingerprint density at radius 1 is 1.23 bits per heavy atom. The number of halogens is 2. The van der Waals surface area contributed by atoms with Crippen molar-refractivity contribution in [3.8, 4) is 16.9 Å². The maximum atomic E-state index is 13.3. The standard InChI is InChI=1S/C16H11ClFN3O/c1-10-4-2-3-5-12(10)16-15(9-22)19-20-21(16)11-6-7-14(18)13(17)8-11/h2-9H,1H3. The lowest BCUT2D eigenvalue weighted by atomic mass is 10.0. The van der Waals surface area contributed by atoms with E-state index in [9.17, 15) is 9.18 Å². The summed E-state index contributed by atoms with van der Waals surface area (Å²) in [6.07, 6.45) is 0.649. The first-order valence-corrected chi connectivity index (χ1v) is 6.92. The fourth-order valence-corrected chi connectivity index (χ4v) is 2.44. The molecule has 22 heavy (non-hydrogen) atoms. The number of rotatable bonds is 3. The second kappa shape index (κ2) is 5.69. The Bertz CT molecular complexity index is 860. The highest BCUT2D eigenvalue weighted by atomic mass is 35.5. The zero-order valence-electron chi connectivity index (χ0n) is 11.6. The van der Waals surface area contributed by atoms with Crippen molar-refractivity contribution >= 4 is 17.9 Å². The highest BCUT2D eigenvalue weighted by Gasteiger charge is 2.18. The minimum atomic E-state index is -0.515. The van der Waals surface area contributed by atoms with E-state index in [0.29, 0.717) is 17.7 Å². The van der Waals surface area contributed by atoms with Gasteiger partial charge in [-0.05, 0) is 30.7 Å². The lowest BCUT2D eigenvalue weighted by Crippen LogP contribution is -2.01. The van der Waals surface area contributed by atoms with Crippen LogP contribution in [0.25, 0.3) is 16.9 Å². The van der Waals surface area contributed by atoms with E-state index in [-0.39, 0.29) is 10.7 Å². The van der Waals surface area contributed by atoms with Gasteiger partial charge in [0.1, 0.15) is 11.5 Å². The molecule has 0 aliphatic heterocycles. The Labute approximate surface area is 131 Å². The van der Waals surface area contributed by atoms with Gasteiger partial charge in [-0.3, -0.25) is 4.79 Å². The van der Waals surface area contributed by atoms with Crippen molar-refractivity contribution in [2.75, 3.05) is 0 Å².